The van der Waals surface area contributed by atoms with Crippen LogP contribution in [0.4, 0.5) is 5.13 Å². The lowest BCUT2D eigenvalue weighted by Crippen LogP contribution is -2.07. The first kappa shape index (κ1) is 13.8. The summed E-state index contributed by atoms with van der Waals surface area (Å²) in [6, 6.07) is 10.0. The topological polar surface area (TPSA) is 84.7 Å². The Hall–Kier alpha value is -2.12. The van der Waals surface area contributed by atoms with Crippen LogP contribution in [0.25, 0.3) is 16.4 Å². The van der Waals surface area contributed by atoms with E-state index in [2.05, 4.69) is 15.0 Å². The number of thioether (sulfide) groups is 1. The standard InChI is InChI=1S/C14H12N4OS2/c15-13-16-11-10(21-13)12(19)18-14(17-11)20-8-4-7-9-5-2-1-3-6-9/h1-7H,8H2,(H3,15,16,17,18,19). The summed E-state index contributed by atoms with van der Waals surface area (Å²) in [5, 5.41) is 0.907. The minimum absolute atomic E-state index is 0.191. The van der Waals surface area contributed by atoms with E-state index >= 15 is 0 Å². The number of nitrogens with two attached hydrogens (primary N) is 1. The monoisotopic (exact) mass is 316 g/mol. The lowest BCUT2D eigenvalue weighted by molar-refractivity contribution is 0.970. The highest BCUT2D eigenvalue weighted by atomic mass is 32.2. The Bertz CT molecular complexity index is 839. The zero-order valence-corrected chi connectivity index (χ0v) is 12.6. The number of H-pyrrole nitrogens is 1. The minimum Gasteiger partial charge on any atom is -0.375 e. The van der Waals surface area contributed by atoms with Crippen molar-refractivity contribution in [3.05, 3.63) is 52.3 Å². The Morgan fingerprint density at radius 3 is 2.90 bits per heavy atom. The molecule has 0 fully saturated rings. The summed E-state index contributed by atoms with van der Waals surface area (Å²) in [5.41, 5.74) is 6.96. The molecule has 0 radical (unpaired) electrons. The van der Waals surface area contributed by atoms with E-state index < -0.39 is 0 Å². The van der Waals surface area contributed by atoms with Gasteiger partial charge in [0, 0.05) is 5.75 Å². The average molecular weight is 316 g/mol. The lowest BCUT2D eigenvalue weighted by Gasteiger charge is -1.97. The number of rotatable bonds is 4. The number of aromatic nitrogens is 3. The smallest absolute Gasteiger partial charge is 0.271 e. The minimum atomic E-state index is -0.191. The van der Waals surface area contributed by atoms with Gasteiger partial charge in [-0.15, -0.1) is 0 Å². The third-order valence-corrected chi connectivity index (χ3v) is 4.38. The molecule has 3 aromatic rings. The van der Waals surface area contributed by atoms with E-state index in [9.17, 15) is 4.79 Å². The molecule has 0 amide bonds. The number of nitrogen functional groups attached to an aromatic ring is 1. The zero-order valence-electron chi connectivity index (χ0n) is 10.9. The molecule has 0 spiro atoms. The van der Waals surface area contributed by atoms with E-state index in [-0.39, 0.29) is 5.56 Å². The number of fused-ring (bicyclic) bond motifs is 1. The molecule has 0 saturated carbocycles. The van der Waals surface area contributed by atoms with E-state index in [0.29, 0.717) is 26.4 Å². The first-order valence-electron chi connectivity index (χ1n) is 6.23. The van der Waals surface area contributed by atoms with E-state index in [4.69, 9.17) is 5.73 Å². The van der Waals surface area contributed by atoms with Gasteiger partial charge in [-0.05, 0) is 5.56 Å². The number of thiazole rings is 1. The maximum Gasteiger partial charge on any atom is 0.271 e. The van der Waals surface area contributed by atoms with Crippen LogP contribution in [0.2, 0.25) is 0 Å². The first-order valence-corrected chi connectivity index (χ1v) is 8.03. The number of nitrogens with one attached hydrogen (secondary N) is 1. The van der Waals surface area contributed by atoms with Crippen LogP contribution in [0.3, 0.4) is 0 Å². The van der Waals surface area contributed by atoms with Crippen molar-refractivity contribution < 1.29 is 0 Å². The molecule has 0 unspecified atom stereocenters. The Kier molecular flexibility index (Phi) is 4.03. The Labute approximate surface area is 128 Å². The fraction of sp³-hybridized carbons (Fsp3) is 0.0714. The Balaban J connectivity index is 1.71. The maximum atomic E-state index is 11.9. The second kappa shape index (κ2) is 6.11. The van der Waals surface area contributed by atoms with Crippen LogP contribution >= 0.6 is 23.1 Å². The van der Waals surface area contributed by atoms with E-state index in [0.717, 1.165) is 16.9 Å². The third-order valence-electron chi connectivity index (χ3n) is 2.69. The van der Waals surface area contributed by atoms with Crippen LogP contribution in [0.15, 0.2) is 46.4 Å². The van der Waals surface area contributed by atoms with Gasteiger partial charge in [-0.25, -0.2) is 9.97 Å². The molecule has 3 rings (SSSR count). The molecule has 0 aliphatic rings. The van der Waals surface area contributed by atoms with Crippen molar-refractivity contribution in [1.82, 2.24) is 15.0 Å². The molecule has 0 atom stereocenters. The van der Waals surface area contributed by atoms with Crippen molar-refractivity contribution in [3.8, 4) is 0 Å². The molecule has 106 valence electrons. The zero-order chi connectivity index (χ0) is 14.7. The van der Waals surface area contributed by atoms with Crippen LogP contribution in [0.1, 0.15) is 5.56 Å². The normalized spacial score (nSPS) is 11.4. The lowest BCUT2D eigenvalue weighted by atomic mass is 10.2. The van der Waals surface area contributed by atoms with Crippen LogP contribution in [-0.2, 0) is 0 Å². The predicted octanol–water partition coefficient (Wildman–Crippen LogP) is 2.77. The summed E-state index contributed by atoms with van der Waals surface area (Å²) in [6.45, 7) is 0. The number of aromatic amines is 1. The molecule has 0 aliphatic carbocycles. The number of nitrogens with zero attached hydrogens (tertiary/aromatic N) is 2. The molecule has 0 saturated heterocycles. The molecule has 0 bridgehead atoms. The fourth-order valence-corrected chi connectivity index (χ4v) is 3.11. The SMILES string of the molecule is Nc1nc2nc(SCC=Cc3ccccc3)[nH]c(=O)c2s1. The van der Waals surface area contributed by atoms with Crippen molar-refractivity contribution >= 4 is 44.7 Å². The number of anilines is 1. The van der Waals surface area contributed by atoms with Gasteiger partial charge < -0.3 is 10.7 Å². The van der Waals surface area contributed by atoms with Crippen molar-refractivity contribution in [2.45, 2.75) is 5.16 Å². The van der Waals surface area contributed by atoms with Gasteiger partial charge in [0.25, 0.3) is 5.56 Å². The Morgan fingerprint density at radius 1 is 1.29 bits per heavy atom. The van der Waals surface area contributed by atoms with Gasteiger partial charge in [0.1, 0.15) is 4.70 Å². The highest BCUT2D eigenvalue weighted by Gasteiger charge is 2.08. The Morgan fingerprint density at radius 2 is 2.10 bits per heavy atom. The van der Waals surface area contributed by atoms with Gasteiger partial charge in [0.05, 0.1) is 0 Å². The summed E-state index contributed by atoms with van der Waals surface area (Å²) in [5.74, 6) is 0.711. The highest BCUT2D eigenvalue weighted by molar-refractivity contribution is 7.99. The average Bonchev–Trinajstić information content (AvgIpc) is 2.86. The van der Waals surface area contributed by atoms with Crippen molar-refractivity contribution in [3.63, 3.8) is 0 Å². The van der Waals surface area contributed by atoms with Gasteiger partial charge in [-0.2, -0.15) is 0 Å². The molecule has 7 heteroatoms. The molecular formula is C14H12N4OS2. The summed E-state index contributed by atoms with van der Waals surface area (Å²) in [6.07, 6.45) is 4.06. The number of benzene rings is 1. The molecule has 21 heavy (non-hydrogen) atoms. The van der Waals surface area contributed by atoms with Gasteiger partial charge in [-0.1, -0.05) is 65.6 Å². The van der Waals surface area contributed by atoms with E-state index in [1.54, 1.807) is 0 Å². The summed E-state index contributed by atoms with van der Waals surface area (Å²) in [7, 11) is 0. The van der Waals surface area contributed by atoms with Gasteiger partial charge in [-0.3, -0.25) is 4.79 Å². The summed E-state index contributed by atoms with van der Waals surface area (Å²) < 4.78 is 0.469. The highest BCUT2D eigenvalue weighted by Crippen LogP contribution is 2.20. The molecule has 1 aromatic carbocycles. The van der Waals surface area contributed by atoms with Crippen LogP contribution in [-0.4, -0.2) is 20.7 Å². The van der Waals surface area contributed by atoms with E-state index in [1.807, 2.05) is 42.5 Å². The van der Waals surface area contributed by atoms with Gasteiger partial charge in [0.15, 0.2) is 15.9 Å². The third kappa shape index (κ3) is 3.32. The largest absolute Gasteiger partial charge is 0.375 e. The second-order valence-electron chi connectivity index (χ2n) is 4.20. The maximum absolute atomic E-state index is 11.9. The predicted molar refractivity (Wildman–Crippen MR) is 88.6 cm³/mol. The van der Waals surface area contributed by atoms with Crippen LogP contribution in [0.5, 0.6) is 0 Å². The second-order valence-corrected chi connectivity index (χ2v) is 6.24. The van der Waals surface area contributed by atoms with Crippen molar-refractivity contribution in [2.75, 3.05) is 11.5 Å². The number of hydrogen-bond acceptors (Lipinski definition) is 6. The van der Waals surface area contributed by atoms with Gasteiger partial charge >= 0.3 is 0 Å². The molecular weight excluding hydrogens is 304 g/mol. The van der Waals surface area contributed by atoms with Gasteiger partial charge in [0.2, 0.25) is 0 Å². The molecule has 5 nitrogen and oxygen atoms in total. The molecule has 2 aromatic heterocycles. The quantitative estimate of drug-likeness (QED) is 0.571. The molecule has 2 heterocycles. The van der Waals surface area contributed by atoms with Crippen molar-refractivity contribution in [2.24, 2.45) is 0 Å². The molecule has 3 N–H and O–H groups in total. The number of hydrogen-bond donors (Lipinski definition) is 2. The first-order chi connectivity index (χ1) is 10.2. The van der Waals surface area contributed by atoms with E-state index in [1.165, 1.54) is 11.8 Å². The van der Waals surface area contributed by atoms with Crippen LogP contribution < -0.4 is 11.3 Å². The fourth-order valence-electron chi connectivity index (χ4n) is 1.77. The summed E-state index contributed by atoms with van der Waals surface area (Å²) in [4.78, 5) is 22.9. The van der Waals surface area contributed by atoms with Crippen molar-refractivity contribution in [1.29, 1.82) is 0 Å². The summed E-state index contributed by atoms with van der Waals surface area (Å²) >= 11 is 2.60. The van der Waals surface area contributed by atoms with Crippen LogP contribution in [0, 0.1) is 0 Å². The molecule has 0 aliphatic heterocycles.